The molecule has 8 heteroatoms. The molecule has 1 aromatic carbocycles. The maximum Gasteiger partial charge on any atom is 0.252 e. The Labute approximate surface area is 182 Å². The Morgan fingerprint density at radius 3 is 2.71 bits per heavy atom. The second-order valence-electron chi connectivity index (χ2n) is 8.87. The van der Waals surface area contributed by atoms with Crippen molar-refractivity contribution in [1.82, 2.24) is 20.6 Å². The molecule has 0 bridgehead atoms. The summed E-state index contributed by atoms with van der Waals surface area (Å²) in [6.07, 6.45) is 5.35. The SMILES string of the molecule is COCCN[C@H]1CC[C@H](Nc2ncc(F)c(-c3ccc4c(c3)C(C)(C)NC4=O)n2)CC1. The number of aromatic nitrogens is 2. The van der Waals surface area contributed by atoms with Gasteiger partial charge in [0.25, 0.3) is 5.91 Å². The number of halogens is 1. The van der Waals surface area contributed by atoms with Crippen LogP contribution in [0.25, 0.3) is 11.3 Å². The number of benzene rings is 1. The molecule has 1 aromatic heterocycles. The molecule has 2 aliphatic rings. The van der Waals surface area contributed by atoms with E-state index in [0.717, 1.165) is 37.8 Å². The number of fused-ring (bicyclic) bond motifs is 1. The van der Waals surface area contributed by atoms with E-state index in [-0.39, 0.29) is 17.6 Å². The molecule has 3 N–H and O–H groups in total. The van der Waals surface area contributed by atoms with E-state index in [4.69, 9.17) is 4.74 Å². The summed E-state index contributed by atoms with van der Waals surface area (Å²) in [6.45, 7) is 5.45. The van der Waals surface area contributed by atoms with Crippen molar-refractivity contribution in [2.45, 2.75) is 57.2 Å². The minimum Gasteiger partial charge on any atom is -0.383 e. The first kappa shape index (κ1) is 21.6. The Hall–Kier alpha value is -2.58. The minimum atomic E-state index is -0.497. The summed E-state index contributed by atoms with van der Waals surface area (Å²) in [5.41, 5.74) is 1.85. The van der Waals surface area contributed by atoms with Crippen LogP contribution in [0.15, 0.2) is 24.4 Å². The Kier molecular flexibility index (Phi) is 6.20. The van der Waals surface area contributed by atoms with Crippen molar-refractivity contribution in [2.75, 3.05) is 25.6 Å². The molecule has 166 valence electrons. The van der Waals surface area contributed by atoms with E-state index in [1.54, 1.807) is 19.2 Å². The standard InChI is InChI=1S/C23H30FN5O2/c1-23(2)18-12-14(4-9-17(18)21(30)29-23)20-19(24)13-26-22(28-20)27-16-7-5-15(6-8-16)25-10-11-31-3/h4,9,12-13,15-16,25H,5-8,10-11H2,1-3H3,(H,29,30)(H,26,27,28)/t15-,16-. The van der Waals surface area contributed by atoms with Gasteiger partial charge in [0.1, 0.15) is 5.69 Å². The van der Waals surface area contributed by atoms with Gasteiger partial charge < -0.3 is 20.7 Å². The van der Waals surface area contributed by atoms with Gasteiger partial charge in [0, 0.05) is 36.9 Å². The number of hydrogen-bond donors (Lipinski definition) is 3. The van der Waals surface area contributed by atoms with E-state index in [9.17, 15) is 9.18 Å². The number of carbonyl (C=O) groups excluding carboxylic acids is 1. The van der Waals surface area contributed by atoms with Crippen LogP contribution in [0.3, 0.4) is 0 Å². The highest BCUT2D eigenvalue weighted by atomic mass is 19.1. The van der Waals surface area contributed by atoms with Gasteiger partial charge in [0.15, 0.2) is 5.82 Å². The lowest BCUT2D eigenvalue weighted by Crippen LogP contribution is -2.38. The molecule has 0 saturated heterocycles. The maximum absolute atomic E-state index is 14.6. The number of anilines is 1. The molecule has 31 heavy (non-hydrogen) atoms. The van der Waals surface area contributed by atoms with E-state index in [1.807, 2.05) is 19.9 Å². The van der Waals surface area contributed by atoms with Crippen molar-refractivity contribution < 1.29 is 13.9 Å². The minimum absolute atomic E-state index is 0.107. The van der Waals surface area contributed by atoms with Gasteiger partial charge in [0.2, 0.25) is 5.95 Å². The van der Waals surface area contributed by atoms with Crippen molar-refractivity contribution in [3.63, 3.8) is 0 Å². The van der Waals surface area contributed by atoms with E-state index >= 15 is 0 Å². The lowest BCUT2D eigenvalue weighted by atomic mass is 9.91. The summed E-state index contributed by atoms with van der Waals surface area (Å²) in [5.74, 6) is -0.155. The van der Waals surface area contributed by atoms with Gasteiger partial charge in [-0.1, -0.05) is 6.07 Å². The summed E-state index contributed by atoms with van der Waals surface area (Å²) >= 11 is 0. The quantitative estimate of drug-likeness (QED) is 0.588. The fourth-order valence-corrected chi connectivity index (χ4v) is 4.45. The third-order valence-corrected chi connectivity index (χ3v) is 6.18. The number of hydrogen-bond acceptors (Lipinski definition) is 6. The zero-order valence-corrected chi connectivity index (χ0v) is 18.3. The van der Waals surface area contributed by atoms with Crippen molar-refractivity contribution >= 4 is 11.9 Å². The Balaban J connectivity index is 1.46. The second kappa shape index (κ2) is 8.88. The highest BCUT2D eigenvalue weighted by molar-refractivity contribution is 6.00. The van der Waals surface area contributed by atoms with Crippen LogP contribution < -0.4 is 16.0 Å². The zero-order chi connectivity index (χ0) is 22.0. The first-order valence-electron chi connectivity index (χ1n) is 10.9. The van der Waals surface area contributed by atoms with Crippen molar-refractivity contribution in [3.05, 3.63) is 41.3 Å². The molecule has 2 heterocycles. The van der Waals surface area contributed by atoms with E-state index < -0.39 is 11.4 Å². The first-order chi connectivity index (χ1) is 14.9. The molecule has 0 unspecified atom stereocenters. The lowest BCUT2D eigenvalue weighted by Gasteiger charge is -2.29. The molecular weight excluding hydrogens is 397 g/mol. The number of rotatable bonds is 7. The summed E-state index contributed by atoms with van der Waals surface area (Å²) in [4.78, 5) is 20.8. The lowest BCUT2D eigenvalue weighted by molar-refractivity contribution is 0.0940. The van der Waals surface area contributed by atoms with E-state index in [1.165, 1.54) is 6.20 Å². The average Bonchev–Trinajstić information content (AvgIpc) is 2.99. The molecule has 7 nitrogen and oxygen atoms in total. The average molecular weight is 428 g/mol. The van der Waals surface area contributed by atoms with Crippen molar-refractivity contribution in [3.8, 4) is 11.3 Å². The molecular formula is C23H30FN5O2. The van der Waals surface area contributed by atoms with Gasteiger partial charge in [-0.05, 0) is 57.2 Å². The van der Waals surface area contributed by atoms with Crippen LogP contribution in [0, 0.1) is 5.82 Å². The van der Waals surface area contributed by atoms with Crippen LogP contribution in [-0.2, 0) is 10.3 Å². The smallest absolute Gasteiger partial charge is 0.252 e. The molecule has 0 radical (unpaired) electrons. The molecule has 2 aromatic rings. The third-order valence-electron chi connectivity index (χ3n) is 6.18. The number of nitrogens with one attached hydrogen (secondary N) is 3. The predicted octanol–water partition coefficient (Wildman–Crippen LogP) is 3.22. The molecule has 1 saturated carbocycles. The van der Waals surface area contributed by atoms with Crippen molar-refractivity contribution in [2.24, 2.45) is 0 Å². The molecule has 1 fully saturated rings. The summed E-state index contributed by atoms with van der Waals surface area (Å²) < 4.78 is 19.7. The number of ether oxygens (including phenoxy) is 1. The summed E-state index contributed by atoms with van der Waals surface area (Å²) in [7, 11) is 1.71. The Morgan fingerprint density at radius 2 is 1.97 bits per heavy atom. The van der Waals surface area contributed by atoms with Crippen LogP contribution in [-0.4, -0.2) is 48.2 Å². The Bertz CT molecular complexity index is 957. The molecule has 1 amide bonds. The fraction of sp³-hybridized carbons (Fsp3) is 0.522. The Morgan fingerprint density at radius 1 is 1.23 bits per heavy atom. The van der Waals surface area contributed by atoms with Crippen LogP contribution in [0.2, 0.25) is 0 Å². The third kappa shape index (κ3) is 4.70. The van der Waals surface area contributed by atoms with Gasteiger partial charge in [0.05, 0.1) is 18.3 Å². The van der Waals surface area contributed by atoms with Gasteiger partial charge in [-0.2, -0.15) is 0 Å². The van der Waals surface area contributed by atoms with Gasteiger partial charge >= 0.3 is 0 Å². The van der Waals surface area contributed by atoms with E-state index in [0.29, 0.717) is 29.7 Å². The monoisotopic (exact) mass is 427 g/mol. The highest BCUT2D eigenvalue weighted by Gasteiger charge is 2.35. The second-order valence-corrected chi connectivity index (χ2v) is 8.87. The van der Waals surface area contributed by atoms with Crippen LogP contribution in [0.4, 0.5) is 10.3 Å². The normalized spacial score (nSPS) is 22.1. The number of carbonyl (C=O) groups is 1. The molecule has 1 aliphatic heterocycles. The predicted molar refractivity (Wildman–Crippen MR) is 117 cm³/mol. The van der Waals surface area contributed by atoms with Crippen LogP contribution in [0.1, 0.15) is 55.5 Å². The molecule has 1 aliphatic carbocycles. The number of methoxy groups -OCH3 is 1. The summed E-state index contributed by atoms with van der Waals surface area (Å²) in [6, 6.07) is 6.09. The highest BCUT2D eigenvalue weighted by Crippen LogP contribution is 2.34. The molecule has 0 atom stereocenters. The van der Waals surface area contributed by atoms with Crippen LogP contribution >= 0.6 is 0 Å². The van der Waals surface area contributed by atoms with E-state index in [2.05, 4.69) is 25.9 Å². The van der Waals surface area contributed by atoms with Crippen LogP contribution in [0.5, 0.6) is 0 Å². The number of amides is 1. The first-order valence-corrected chi connectivity index (χ1v) is 10.9. The maximum atomic E-state index is 14.6. The largest absolute Gasteiger partial charge is 0.383 e. The van der Waals surface area contributed by atoms with Gasteiger partial charge in [-0.25, -0.2) is 14.4 Å². The van der Waals surface area contributed by atoms with Gasteiger partial charge in [-0.3, -0.25) is 4.79 Å². The fourth-order valence-electron chi connectivity index (χ4n) is 4.45. The summed E-state index contributed by atoms with van der Waals surface area (Å²) in [5, 5.41) is 9.83. The zero-order valence-electron chi connectivity index (χ0n) is 18.3. The molecule has 0 spiro atoms. The number of nitrogens with zero attached hydrogens (tertiary/aromatic N) is 2. The topological polar surface area (TPSA) is 88.2 Å². The molecule has 4 rings (SSSR count). The van der Waals surface area contributed by atoms with Gasteiger partial charge in [-0.15, -0.1) is 0 Å². The van der Waals surface area contributed by atoms with Crippen molar-refractivity contribution in [1.29, 1.82) is 0 Å².